The summed E-state index contributed by atoms with van der Waals surface area (Å²) in [6.07, 6.45) is 1.89. The highest BCUT2D eigenvalue weighted by atomic mass is 16.6. The van der Waals surface area contributed by atoms with Gasteiger partial charge in [0.25, 0.3) is 5.91 Å². The van der Waals surface area contributed by atoms with Crippen molar-refractivity contribution >= 4 is 23.0 Å². The van der Waals surface area contributed by atoms with E-state index in [4.69, 9.17) is 14.5 Å². The third-order valence-electron chi connectivity index (χ3n) is 7.17. The maximum Gasteiger partial charge on any atom is 0.410 e. The quantitative estimate of drug-likeness (QED) is 0.425. The third-order valence-corrected chi connectivity index (χ3v) is 7.17. The summed E-state index contributed by atoms with van der Waals surface area (Å²) >= 11 is 0. The summed E-state index contributed by atoms with van der Waals surface area (Å²) in [7, 11) is 1.69. The van der Waals surface area contributed by atoms with E-state index in [0.717, 1.165) is 23.9 Å². The fraction of sp³-hybridized carbons (Fsp3) is 0.700. The van der Waals surface area contributed by atoms with Crippen LogP contribution in [0.15, 0.2) is 24.3 Å². The SMILES string of the molecule is COCCCCn1c(C(=O)N(CC(C)C)C2CC(C(C)(C)O)CN(C(=O)OC(C)(C)C)C2)nc2ccccc21. The number of benzene rings is 1. The Morgan fingerprint density at radius 2 is 1.82 bits per heavy atom. The van der Waals surface area contributed by atoms with Crippen molar-refractivity contribution in [3.63, 3.8) is 0 Å². The molecule has 1 aromatic carbocycles. The van der Waals surface area contributed by atoms with E-state index in [2.05, 4.69) is 13.8 Å². The predicted octanol–water partition coefficient (Wildman–Crippen LogP) is 4.96. The predicted molar refractivity (Wildman–Crippen MR) is 153 cm³/mol. The van der Waals surface area contributed by atoms with Gasteiger partial charge in [0, 0.05) is 45.8 Å². The summed E-state index contributed by atoms with van der Waals surface area (Å²) in [6, 6.07) is 7.53. The Kier molecular flexibility index (Phi) is 10.0. The number of aromatic nitrogens is 2. The molecule has 0 radical (unpaired) electrons. The smallest absolute Gasteiger partial charge is 0.410 e. The molecule has 3 rings (SSSR count). The largest absolute Gasteiger partial charge is 0.444 e. The van der Waals surface area contributed by atoms with Gasteiger partial charge in [-0.15, -0.1) is 0 Å². The summed E-state index contributed by atoms with van der Waals surface area (Å²) in [5, 5.41) is 11.0. The van der Waals surface area contributed by atoms with Gasteiger partial charge in [-0.1, -0.05) is 26.0 Å². The number of carbonyl (C=O) groups excluding carboxylic acids is 2. The number of hydrogen-bond donors (Lipinski definition) is 1. The fourth-order valence-corrected chi connectivity index (χ4v) is 5.19. The molecular weight excluding hydrogens is 496 g/mol. The maximum absolute atomic E-state index is 14.3. The second kappa shape index (κ2) is 12.7. The first-order chi connectivity index (χ1) is 18.2. The lowest BCUT2D eigenvalue weighted by molar-refractivity contribution is -0.0481. The Labute approximate surface area is 233 Å². The van der Waals surface area contributed by atoms with Crippen LogP contribution in [0, 0.1) is 11.8 Å². The number of para-hydroxylation sites is 2. The lowest BCUT2D eigenvalue weighted by atomic mass is 9.81. The molecule has 218 valence electrons. The summed E-state index contributed by atoms with van der Waals surface area (Å²) < 4.78 is 12.9. The third kappa shape index (κ3) is 8.18. The second-order valence-corrected chi connectivity index (χ2v) is 12.8. The molecule has 2 unspecified atom stereocenters. The van der Waals surface area contributed by atoms with Gasteiger partial charge in [-0.2, -0.15) is 0 Å². The van der Waals surface area contributed by atoms with Gasteiger partial charge < -0.3 is 28.9 Å². The Balaban J connectivity index is 1.99. The number of aliphatic hydroxyl groups is 1. The molecule has 1 fully saturated rings. The zero-order valence-corrected chi connectivity index (χ0v) is 25.1. The first kappa shape index (κ1) is 30.9. The van der Waals surface area contributed by atoms with Crippen molar-refractivity contribution in [1.29, 1.82) is 0 Å². The number of nitrogens with zero attached hydrogens (tertiary/aromatic N) is 4. The van der Waals surface area contributed by atoms with Gasteiger partial charge in [-0.25, -0.2) is 9.78 Å². The summed E-state index contributed by atoms with van der Waals surface area (Å²) in [5.41, 5.74) is 0.0386. The van der Waals surface area contributed by atoms with E-state index in [1.54, 1.807) is 25.9 Å². The molecule has 0 aliphatic carbocycles. The fourth-order valence-electron chi connectivity index (χ4n) is 5.19. The molecule has 39 heavy (non-hydrogen) atoms. The zero-order chi connectivity index (χ0) is 29.0. The van der Waals surface area contributed by atoms with Crippen molar-refractivity contribution in [2.24, 2.45) is 11.8 Å². The monoisotopic (exact) mass is 544 g/mol. The van der Waals surface area contributed by atoms with Crippen molar-refractivity contribution in [1.82, 2.24) is 19.4 Å². The van der Waals surface area contributed by atoms with Crippen LogP contribution < -0.4 is 0 Å². The number of fused-ring (bicyclic) bond motifs is 1. The van der Waals surface area contributed by atoms with E-state index >= 15 is 0 Å². The van der Waals surface area contributed by atoms with Crippen molar-refractivity contribution in [3.05, 3.63) is 30.1 Å². The summed E-state index contributed by atoms with van der Waals surface area (Å²) in [5.74, 6) is 0.228. The van der Waals surface area contributed by atoms with Crippen molar-refractivity contribution in [3.8, 4) is 0 Å². The molecule has 0 spiro atoms. The van der Waals surface area contributed by atoms with E-state index in [9.17, 15) is 14.7 Å². The Bertz CT molecular complexity index is 1110. The van der Waals surface area contributed by atoms with Crippen LogP contribution in [-0.4, -0.2) is 87.1 Å². The number of piperidine rings is 1. The number of hydrogen-bond acceptors (Lipinski definition) is 6. The van der Waals surface area contributed by atoms with Crippen LogP contribution in [0.2, 0.25) is 0 Å². The van der Waals surface area contributed by atoms with Crippen molar-refractivity contribution < 1.29 is 24.2 Å². The van der Waals surface area contributed by atoms with Gasteiger partial charge in [0.15, 0.2) is 5.82 Å². The molecule has 2 amide bonds. The number of aryl methyl sites for hydroxylation is 1. The molecule has 0 bridgehead atoms. The minimum atomic E-state index is -1.03. The molecule has 2 aromatic rings. The molecule has 9 heteroatoms. The highest BCUT2D eigenvalue weighted by Gasteiger charge is 2.42. The van der Waals surface area contributed by atoms with Gasteiger partial charge in [0.1, 0.15) is 5.60 Å². The highest BCUT2D eigenvalue weighted by Crippen LogP contribution is 2.32. The zero-order valence-electron chi connectivity index (χ0n) is 25.1. The molecule has 1 aliphatic rings. The first-order valence-corrected chi connectivity index (χ1v) is 14.2. The van der Waals surface area contributed by atoms with Crippen LogP contribution >= 0.6 is 0 Å². The van der Waals surface area contributed by atoms with Gasteiger partial charge >= 0.3 is 6.09 Å². The van der Waals surface area contributed by atoms with Crippen LogP contribution in [-0.2, 0) is 16.0 Å². The summed E-state index contributed by atoms with van der Waals surface area (Å²) in [6.45, 7) is 15.7. The second-order valence-electron chi connectivity index (χ2n) is 12.8. The van der Waals surface area contributed by atoms with Gasteiger partial charge in [0.05, 0.1) is 22.7 Å². The molecule has 1 aliphatic heterocycles. The number of amides is 2. The molecular formula is C30H48N4O5. The molecule has 9 nitrogen and oxygen atoms in total. The standard InChI is InChI=1S/C30H48N4O5/c1-21(2)18-34(23-17-22(30(6,7)37)19-32(20-23)28(36)39-29(3,4)5)27(35)26-31-24-13-9-10-14-25(24)33(26)15-11-12-16-38-8/h9-10,13-14,21-23,37H,11-12,15-20H2,1-8H3. The first-order valence-electron chi connectivity index (χ1n) is 14.2. The molecule has 1 saturated heterocycles. The van der Waals surface area contributed by atoms with Crippen LogP contribution in [0.5, 0.6) is 0 Å². The number of likely N-dealkylation sites (tertiary alicyclic amines) is 1. The van der Waals surface area contributed by atoms with E-state index in [1.165, 1.54) is 0 Å². The lowest BCUT2D eigenvalue weighted by Crippen LogP contribution is -2.58. The van der Waals surface area contributed by atoms with Crippen LogP contribution in [0.25, 0.3) is 11.0 Å². The van der Waals surface area contributed by atoms with E-state index in [0.29, 0.717) is 45.0 Å². The molecule has 0 saturated carbocycles. The Hall–Kier alpha value is -2.65. The minimum Gasteiger partial charge on any atom is -0.444 e. The van der Waals surface area contributed by atoms with E-state index < -0.39 is 17.3 Å². The highest BCUT2D eigenvalue weighted by molar-refractivity contribution is 5.95. The lowest BCUT2D eigenvalue weighted by Gasteiger charge is -2.46. The van der Waals surface area contributed by atoms with Crippen molar-refractivity contribution in [2.45, 2.75) is 91.5 Å². The normalized spacial score (nSPS) is 18.6. The van der Waals surface area contributed by atoms with Crippen LogP contribution in [0.1, 0.15) is 78.3 Å². The number of methoxy groups -OCH3 is 1. The average Bonchev–Trinajstić information content (AvgIpc) is 3.21. The molecule has 1 N–H and O–H groups in total. The molecule has 1 aromatic heterocycles. The minimum absolute atomic E-state index is 0.155. The van der Waals surface area contributed by atoms with E-state index in [-0.39, 0.29) is 23.8 Å². The summed E-state index contributed by atoms with van der Waals surface area (Å²) in [4.78, 5) is 35.8. The maximum atomic E-state index is 14.3. The molecule has 2 heterocycles. The number of rotatable bonds is 10. The van der Waals surface area contributed by atoms with Gasteiger partial charge in [0.2, 0.25) is 0 Å². The number of unbranched alkanes of at least 4 members (excludes halogenated alkanes) is 1. The topological polar surface area (TPSA) is 97.1 Å². The van der Waals surface area contributed by atoms with E-state index in [1.807, 2.05) is 54.5 Å². The van der Waals surface area contributed by atoms with Gasteiger partial charge in [-0.3, -0.25) is 4.79 Å². The van der Waals surface area contributed by atoms with Crippen LogP contribution in [0.3, 0.4) is 0 Å². The molecule has 2 atom stereocenters. The Morgan fingerprint density at radius 1 is 1.13 bits per heavy atom. The van der Waals surface area contributed by atoms with Crippen molar-refractivity contribution in [2.75, 3.05) is 33.4 Å². The average molecular weight is 545 g/mol. The number of ether oxygens (including phenoxy) is 2. The van der Waals surface area contributed by atoms with Gasteiger partial charge in [-0.05, 0) is 71.9 Å². The van der Waals surface area contributed by atoms with Crippen LogP contribution in [0.4, 0.5) is 4.79 Å². The number of imidazole rings is 1. The Morgan fingerprint density at radius 3 is 2.44 bits per heavy atom. The number of carbonyl (C=O) groups is 2.